The van der Waals surface area contributed by atoms with E-state index in [4.69, 9.17) is 19.6 Å². The van der Waals surface area contributed by atoms with Crippen LogP contribution in [0, 0.1) is 30.6 Å². The fourth-order valence-electron chi connectivity index (χ4n) is 6.52. The molecule has 1 aromatic carbocycles. The van der Waals surface area contributed by atoms with E-state index in [1.807, 2.05) is 19.1 Å². The lowest BCUT2D eigenvalue weighted by atomic mass is 9.53. The van der Waals surface area contributed by atoms with E-state index in [-0.39, 0.29) is 0 Å². The van der Waals surface area contributed by atoms with Crippen LogP contribution in [-0.2, 0) is 29.6 Å². The Morgan fingerprint density at radius 1 is 0.833 bits per heavy atom. The van der Waals surface area contributed by atoms with Gasteiger partial charge in [0.15, 0.2) is 0 Å². The Bertz CT molecular complexity index is 881. The van der Waals surface area contributed by atoms with Crippen molar-refractivity contribution in [1.29, 1.82) is 0 Å². The minimum absolute atomic E-state index is 0.299. The molecule has 8 heteroatoms. The zero-order valence-electron chi connectivity index (χ0n) is 17.3. The second-order valence-corrected chi connectivity index (χ2v) is 11.9. The molecular formula is C22H29NO6S. The van der Waals surface area contributed by atoms with Crippen molar-refractivity contribution in [1.82, 2.24) is 4.31 Å². The summed E-state index contributed by atoms with van der Waals surface area (Å²) in [5.41, 5.74) is 1.03. The van der Waals surface area contributed by atoms with Crippen LogP contribution >= 0.6 is 0 Å². The molecule has 2 spiro atoms. The Morgan fingerprint density at radius 3 is 1.90 bits per heavy atom. The fourth-order valence-corrected chi connectivity index (χ4v) is 7.96. The maximum absolute atomic E-state index is 13.0. The summed E-state index contributed by atoms with van der Waals surface area (Å²) in [4.78, 5) is 24.2. The molecule has 0 N–H and O–H groups in total. The van der Waals surface area contributed by atoms with Crippen molar-refractivity contribution in [3.63, 3.8) is 0 Å². The highest BCUT2D eigenvalue weighted by atomic mass is 32.2. The lowest BCUT2D eigenvalue weighted by molar-refractivity contribution is -0.680. The van der Waals surface area contributed by atoms with E-state index >= 15 is 0 Å². The van der Waals surface area contributed by atoms with Crippen LogP contribution in [0.1, 0.15) is 50.5 Å². The number of nitrogens with zero attached hydrogens (tertiary/aromatic N) is 1. The molecule has 6 fully saturated rings. The largest absolute Gasteiger partial charge is 0.243 e. The van der Waals surface area contributed by atoms with Crippen LogP contribution in [0.25, 0.3) is 0 Å². The lowest BCUT2D eigenvalue weighted by Crippen LogP contribution is -2.65. The van der Waals surface area contributed by atoms with E-state index in [2.05, 4.69) is 0 Å². The summed E-state index contributed by atoms with van der Waals surface area (Å²) >= 11 is 0. The Labute approximate surface area is 177 Å². The first-order valence-corrected chi connectivity index (χ1v) is 12.6. The molecule has 2 heterocycles. The van der Waals surface area contributed by atoms with Crippen LogP contribution in [0.15, 0.2) is 29.2 Å². The number of hydrogen-bond donors (Lipinski definition) is 0. The second kappa shape index (κ2) is 6.73. The van der Waals surface area contributed by atoms with Crippen LogP contribution in [0.3, 0.4) is 0 Å². The number of hydrogen-bond acceptors (Lipinski definition) is 6. The van der Waals surface area contributed by atoms with Crippen molar-refractivity contribution in [2.75, 3.05) is 13.1 Å². The van der Waals surface area contributed by atoms with Crippen molar-refractivity contribution in [2.45, 2.75) is 68.3 Å². The molecule has 0 aromatic heterocycles. The molecule has 0 atom stereocenters. The molecule has 0 radical (unpaired) electrons. The molecular weight excluding hydrogens is 406 g/mol. The van der Waals surface area contributed by atoms with Gasteiger partial charge in [-0.25, -0.2) is 8.42 Å². The normalized spacial score (nSPS) is 37.1. The summed E-state index contributed by atoms with van der Waals surface area (Å²) in [6.45, 7) is 2.54. The second-order valence-electron chi connectivity index (χ2n) is 9.99. The van der Waals surface area contributed by atoms with Crippen LogP contribution < -0.4 is 0 Å². The van der Waals surface area contributed by atoms with Gasteiger partial charge in [-0.2, -0.15) is 23.9 Å². The zero-order valence-corrected chi connectivity index (χ0v) is 18.1. The predicted octanol–water partition coefficient (Wildman–Crippen LogP) is 3.54. The van der Waals surface area contributed by atoms with Gasteiger partial charge >= 0.3 is 0 Å². The van der Waals surface area contributed by atoms with E-state index in [9.17, 15) is 8.42 Å². The molecule has 7 rings (SSSR count). The van der Waals surface area contributed by atoms with Crippen molar-refractivity contribution < 1.29 is 28.0 Å². The molecule has 4 saturated carbocycles. The Hall–Kier alpha value is -1.03. The van der Waals surface area contributed by atoms with Crippen LogP contribution in [0.4, 0.5) is 0 Å². The molecule has 30 heavy (non-hydrogen) atoms. The van der Waals surface area contributed by atoms with Crippen molar-refractivity contribution in [3.8, 4) is 0 Å². The van der Waals surface area contributed by atoms with Gasteiger partial charge in [-0.3, -0.25) is 0 Å². The van der Waals surface area contributed by atoms with Gasteiger partial charge in [0.05, 0.1) is 4.90 Å². The summed E-state index contributed by atoms with van der Waals surface area (Å²) in [6.07, 6.45) is 6.57. The van der Waals surface area contributed by atoms with E-state index in [1.165, 1.54) is 10.7 Å². The summed E-state index contributed by atoms with van der Waals surface area (Å²) in [6, 6.07) is 6.95. The first-order chi connectivity index (χ1) is 14.4. The van der Waals surface area contributed by atoms with E-state index in [0.29, 0.717) is 42.7 Å². The molecule has 7 nitrogen and oxygen atoms in total. The third-order valence-electron chi connectivity index (χ3n) is 8.07. The Balaban J connectivity index is 1.13. The van der Waals surface area contributed by atoms with Gasteiger partial charge in [0.25, 0.3) is 0 Å². The van der Waals surface area contributed by atoms with Gasteiger partial charge in [-0.15, -0.1) is 0 Å². The lowest BCUT2D eigenvalue weighted by Gasteiger charge is -2.60. The van der Waals surface area contributed by atoms with Gasteiger partial charge in [-0.1, -0.05) is 17.7 Å². The SMILES string of the molecule is Cc1ccc(S(=O)(=O)N2CCC3(CC2)OOC2(OO3)C3CC4CC(C3)CC2C4)cc1. The standard InChI is InChI=1S/C22H29NO6S/c1-15-2-4-20(5-3-15)30(24,25)23-8-6-21(7-9-23)26-28-22(29-27-21)18-11-16-10-17(13-18)14-19(22)12-16/h2-5,16-19H,6-14H2,1H3. The molecule has 1 aromatic rings. The van der Waals surface area contributed by atoms with Crippen LogP contribution in [0.5, 0.6) is 0 Å². The highest BCUT2D eigenvalue weighted by molar-refractivity contribution is 7.89. The van der Waals surface area contributed by atoms with Gasteiger partial charge in [-0.05, 0) is 63.0 Å². The molecule has 2 aliphatic heterocycles. The molecule has 2 saturated heterocycles. The maximum Gasteiger partial charge on any atom is 0.243 e. The number of sulfonamides is 1. The van der Waals surface area contributed by atoms with Gasteiger partial charge in [0.1, 0.15) is 0 Å². The molecule has 6 aliphatic rings. The highest BCUT2D eigenvalue weighted by Gasteiger charge is 2.64. The first kappa shape index (κ1) is 19.6. The third-order valence-corrected chi connectivity index (χ3v) is 9.98. The Morgan fingerprint density at radius 2 is 1.37 bits per heavy atom. The Kier molecular flexibility index (Phi) is 4.41. The van der Waals surface area contributed by atoms with E-state index in [0.717, 1.165) is 43.1 Å². The third kappa shape index (κ3) is 2.92. The summed E-state index contributed by atoms with van der Waals surface area (Å²) in [5, 5.41) is 0. The summed E-state index contributed by atoms with van der Waals surface area (Å²) in [7, 11) is -3.53. The topological polar surface area (TPSA) is 74.3 Å². The quantitative estimate of drug-likeness (QED) is 0.662. The van der Waals surface area contributed by atoms with E-state index < -0.39 is 21.6 Å². The fraction of sp³-hybridized carbons (Fsp3) is 0.727. The van der Waals surface area contributed by atoms with Crippen molar-refractivity contribution in [3.05, 3.63) is 29.8 Å². The van der Waals surface area contributed by atoms with Crippen LogP contribution in [0.2, 0.25) is 0 Å². The smallest absolute Gasteiger partial charge is 0.207 e. The van der Waals surface area contributed by atoms with Crippen LogP contribution in [-0.4, -0.2) is 37.4 Å². The first-order valence-electron chi connectivity index (χ1n) is 11.2. The molecule has 0 unspecified atom stereocenters. The molecule has 0 amide bonds. The number of piperidine rings is 1. The summed E-state index contributed by atoms with van der Waals surface area (Å²) < 4.78 is 27.4. The van der Waals surface area contributed by atoms with Crippen molar-refractivity contribution >= 4 is 10.0 Å². The summed E-state index contributed by atoms with van der Waals surface area (Å²) in [5.74, 6) is 0.428. The van der Waals surface area contributed by atoms with Crippen molar-refractivity contribution in [2.24, 2.45) is 23.7 Å². The van der Waals surface area contributed by atoms with E-state index in [1.54, 1.807) is 12.1 Å². The minimum atomic E-state index is -3.53. The van der Waals surface area contributed by atoms with Gasteiger partial charge in [0, 0.05) is 37.8 Å². The maximum atomic E-state index is 13.0. The molecule has 4 bridgehead atoms. The average molecular weight is 436 g/mol. The minimum Gasteiger partial charge on any atom is -0.207 e. The zero-order chi connectivity index (χ0) is 20.6. The average Bonchev–Trinajstić information content (AvgIpc) is 2.74. The number of aryl methyl sites for hydroxylation is 1. The number of benzene rings is 1. The highest BCUT2D eigenvalue weighted by Crippen LogP contribution is 2.61. The predicted molar refractivity (Wildman–Crippen MR) is 106 cm³/mol. The number of rotatable bonds is 2. The molecule has 4 aliphatic carbocycles. The van der Waals surface area contributed by atoms with Gasteiger partial charge in [0.2, 0.25) is 21.6 Å². The monoisotopic (exact) mass is 435 g/mol. The molecule has 164 valence electrons. The van der Waals surface area contributed by atoms with Gasteiger partial charge < -0.3 is 0 Å².